The van der Waals surface area contributed by atoms with E-state index in [2.05, 4.69) is 10.2 Å². The molecule has 0 radical (unpaired) electrons. The Bertz CT molecular complexity index is 828. The van der Waals surface area contributed by atoms with Gasteiger partial charge < -0.3 is 5.32 Å². The fraction of sp³-hybridized carbons (Fsp3) is 0.650. The maximum atomic E-state index is 13.3. The Morgan fingerprint density at radius 3 is 2.52 bits per heavy atom. The van der Waals surface area contributed by atoms with Gasteiger partial charge in [0.1, 0.15) is 5.82 Å². The fourth-order valence-electron chi connectivity index (χ4n) is 5.05. The molecule has 7 heteroatoms. The number of amides is 1. The zero-order valence-electron chi connectivity index (χ0n) is 15.7. The van der Waals surface area contributed by atoms with E-state index in [9.17, 15) is 17.6 Å². The van der Waals surface area contributed by atoms with Crippen LogP contribution in [0.25, 0.3) is 0 Å². The Hall–Kier alpha value is -1.47. The minimum absolute atomic E-state index is 0.00312. The van der Waals surface area contributed by atoms with Crippen LogP contribution < -0.4 is 5.32 Å². The van der Waals surface area contributed by atoms with Crippen LogP contribution in [0.1, 0.15) is 30.4 Å². The minimum Gasteiger partial charge on any atom is -0.352 e. The van der Waals surface area contributed by atoms with Crippen LogP contribution in [0.2, 0.25) is 0 Å². The van der Waals surface area contributed by atoms with E-state index in [1.165, 1.54) is 6.07 Å². The summed E-state index contributed by atoms with van der Waals surface area (Å²) in [6.07, 6.45) is 2.64. The highest BCUT2D eigenvalue weighted by atomic mass is 32.2. The second-order valence-electron chi connectivity index (χ2n) is 8.50. The Kier molecular flexibility index (Phi) is 5.01. The summed E-state index contributed by atoms with van der Waals surface area (Å²) in [6, 6.07) is 5.11. The Labute approximate surface area is 160 Å². The first-order valence-electron chi connectivity index (χ1n) is 9.79. The molecule has 4 atom stereocenters. The van der Waals surface area contributed by atoms with Gasteiger partial charge >= 0.3 is 0 Å². The van der Waals surface area contributed by atoms with Gasteiger partial charge in [0.25, 0.3) is 0 Å². The maximum Gasteiger partial charge on any atom is 0.224 e. The van der Waals surface area contributed by atoms with E-state index in [0.717, 1.165) is 43.6 Å². The molecule has 1 N–H and O–H groups in total. The molecule has 5 nitrogen and oxygen atoms in total. The van der Waals surface area contributed by atoms with E-state index < -0.39 is 9.84 Å². The van der Waals surface area contributed by atoms with Gasteiger partial charge in [-0.15, -0.1) is 0 Å². The number of halogens is 1. The summed E-state index contributed by atoms with van der Waals surface area (Å²) in [7, 11) is -3.04. The lowest BCUT2D eigenvalue weighted by atomic mass is 9.91. The number of nitrogens with zero attached hydrogens (tertiary/aromatic N) is 1. The predicted octanol–water partition coefficient (Wildman–Crippen LogP) is 1.90. The van der Waals surface area contributed by atoms with Gasteiger partial charge in [-0.1, -0.05) is 6.07 Å². The lowest BCUT2D eigenvalue weighted by Gasteiger charge is -2.39. The molecular weight excluding hydrogens is 367 g/mol. The lowest BCUT2D eigenvalue weighted by Crippen LogP contribution is -2.53. The second-order valence-corrected chi connectivity index (χ2v) is 10.7. The number of sulfone groups is 1. The lowest BCUT2D eigenvalue weighted by molar-refractivity contribution is -0.126. The topological polar surface area (TPSA) is 66.5 Å². The van der Waals surface area contributed by atoms with Crippen molar-refractivity contribution in [1.29, 1.82) is 0 Å². The van der Waals surface area contributed by atoms with Crippen molar-refractivity contribution >= 4 is 15.7 Å². The molecule has 148 valence electrons. The molecule has 1 aromatic carbocycles. The molecule has 0 spiro atoms. The summed E-state index contributed by atoms with van der Waals surface area (Å²) < 4.78 is 36.6. The fourth-order valence-corrected chi connectivity index (χ4v) is 6.79. The Morgan fingerprint density at radius 1 is 1.22 bits per heavy atom. The number of hydrogen-bond acceptors (Lipinski definition) is 4. The van der Waals surface area contributed by atoms with Gasteiger partial charge in [0.2, 0.25) is 5.91 Å². The molecule has 2 aliphatic heterocycles. The highest BCUT2D eigenvalue weighted by Crippen LogP contribution is 2.38. The van der Waals surface area contributed by atoms with E-state index >= 15 is 0 Å². The normalized spacial score (nSPS) is 32.5. The molecule has 2 saturated heterocycles. The molecule has 2 unspecified atom stereocenters. The van der Waals surface area contributed by atoms with Crippen LogP contribution in [-0.4, -0.2) is 49.9 Å². The van der Waals surface area contributed by atoms with E-state index in [-0.39, 0.29) is 35.2 Å². The number of hydrogen-bond donors (Lipinski definition) is 1. The summed E-state index contributed by atoms with van der Waals surface area (Å²) in [5, 5.41) is 3.18. The van der Waals surface area contributed by atoms with Crippen LogP contribution in [0.4, 0.5) is 4.39 Å². The van der Waals surface area contributed by atoms with Crippen molar-refractivity contribution in [2.45, 2.75) is 38.8 Å². The molecule has 3 fully saturated rings. The zero-order chi connectivity index (χ0) is 19.2. The third-order valence-corrected chi connectivity index (χ3v) is 8.29. The molecule has 4 rings (SSSR count). The van der Waals surface area contributed by atoms with Crippen LogP contribution >= 0.6 is 0 Å². The van der Waals surface area contributed by atoms with Gasteiger partial charge in [-0.05, 0) is 61.3 Å². The SMILES string of the molecule is Cc1cc(F)ccc1CN1C[C@H]2CC[C@@H](C1)C2NC(=O)C1CCS(=O)(=O)C1. The van der Waals surface area contributed by atoms with Crippen molar-refractivity contribution in [1.82, 2.24) is 10.2 Å². The largest absolute Gasteiger partial charge is 0.352 e. The standard InChI is InChI=1S/C20H27FN2O3S/c1-13-8-18(21)5-4-14(13)9-23-10-15-2-3-16(11-23)19(15)22-20(24)17-6-7-27(25,26)12-17/h4-5,8,15-17,19H,2-3,6-7,9-12H2,1H3,(H,22,24)/t15-,16+,17?,19?. The van der Waals surface area contributed by atoms with Crippen LogP contribution in [0.15, 0.2) is 18.2 Å². The number of carbonyl (C=O) groups is 1. The monoisotopic (exact) mass is 394 g/mol. The zero-order valence-corrected chi connectivity index (χ0v) is 16.5. The van der Waals surface area contributed by atoms with E-state index in [4.69, 9.17) is 0 Å². The van der Waals surface area contributed by atoms with Gasteiger partial charge in [-0.2, -0.15) is 0 Å². The van der Waals surface area contributed by atoms with Crippen LogP contribution in [0.5, 0.6) is 0 Å². The van der Waals surface area contributed by atoms with Crippen LogP contribution in [-0.2, 0) is 21.2 Å². The summed E-state index contributed by atoms with van der Waals surface area (Å²) in [5.74, 6) is 0.282. The molecule has 3 aliphatic rings. The quantitative estimate of drug-likeness (QED) is 0.847. The van der Waals surface area contributed by atoms with Crippen LogP contribution in [0.3, 0.4) is 0 Å². The molecule has 0 aromatic heterocycles. The van der Waals surface area contributed by atoms with Gasteiger partial charge in [0.15, 0.2) is 9.84 Å². The van der Waals surface area contributed by atoms with Crippen molar-refractivity contribution < 1.29 is 17.6 Å². The second kappa shape index (κ2) is 7.17. The van der Waals surface area contributed by atoms with Crippen molar-refractivity contribution in [2.75, 3.05) is 24.6 Å². The summed E-state index contributed by atoms with van der Waals surface area (Å²) in [4.78, 5) is 15.0. The van der Waals surface area contributed by atoms with Gasteiger partial charge in [0.05, 0.1) is 17.4 Å². The number of piperidine rings is 1. The molecule has 1 aliphatic carbocycles. The minimum atomic E-state index is -3.04. The number of rotatable bonds is 4. The molecule has 1 saturated carbocycles. The molecule has 1 aromatic rings. The highest BCUT2D eigenvalue weighted by Gasteiger charge is 2.44. The first-order valence-corrected chi connectivity index (χ1v) is 11.6. The van der Waals surface area contributed by atoms with Gasteiger partial charge in [-0.3, -0.25) is 9.69 Å². The molecular formula is C20H27FN2O3S. The first-order chi connectivity index (χ1) is 12.8. The van der Waals surface area contributed by atoms with Gasteiger partial charge in [-0.25, -0.2) is 12.8 Å². The average Bonchev–Trinajstić information content (AvgIpc) is 3.06. The summed E-state index contributed by atoms with van der Waals surface area (Å²) >= 11 is 0. The molecule has 1 amide bonds. The average molecular weight is 395 g/mol. The van der Waals surface area contributed by atoms with Gasteiger partial charge in [0, 0.05) is 25.7 Å². The third kappa shape index (κ3) is 4.04. The number of nitrogens with one attached hydrogen (secondary N) is 1. The number of aryl methyl sites for hydroxylation is 1. The van der Waals surface area contributed by atoms with Crippen LogP contribution in [0, 0.1) is 30.5 Å². The summed E-state index contributed by atoms with van der Waals surface area (Å²) in [6.45, 7) is 4.58. The van der Waals surface area contributed by atoms with E-state index in [1.807, 2.05) is 13.0 Å². The number of likely N-dealkylation sites (tertiary alicyclic amines) is 1. The maximum absolute atomic E-state index is 13.3. The van der Waals surface area contributed by atoms with E-state index in [1.54, 1.807) is 6.07 Å². The predicted molar refractivity (Wildman–Crippen MR) is 101 cm³/mol. The Balaban J connectivity index is 1.37. The third-order valence-electron chi connectivity index (χ3n) is 6.52. The van der Waals surface area contributed by atoms with E-state index in [0.29, 0.717) is 18.3 Å². The van der Waals surface area contributed by atoms with Crippen molar-refractivity contribution in [3.8, 4) is 0 Å². The number of benzene rings is 1. The smallest absolute Gasteiger partial charge is 0.224 e. The molecule has 27 heavy (non-hydrogen) atoms. The summed E-state index contributed by atoms with van der Waals surface area (Å²) in [5.41, 5.74) is 2.12. The van der Waals surface area contributed by atoms with Crippen molar-refractivity contribution in [2.24, 2.45) is 17.8 Å². The highest BCUT2D eigenvalue weighted by molar-refractivity contribution is 7.91. The number of carbonyl (C=O) groups excluding carboxylic acids is 1. The molecule has 2 heterocycles. The first kappa shape index (κ1) is 18.9. The molecule has 2 bridgehead atoms. The Morgan fingerprint density at radius 2 is 1.93 bits per heavy atom. The van der Waals surface area contributed by atoms with Crippen molar-refractivity contribution in [3.63, 3.8) is 0 Å². The number of fused-ring (bicyclic) bond motifs is 2. The van der Waals surface area contributed by atoms with Crippen molar-refractivity contribution in [3.05, 3.63) is 35.1 Å².